The molecule has 0 saturated carbocycles. The van der Waals surface area contributed by atoms with Crippen molar-refractivity contribution in [2.45, 2.75) is 6.42 Å². The van der Waals surface area contributed by atoms with Crippen molar-refractivity contribution >= 4 is 6.03 Å². The van der Waals surface area contributed by atoms with Crippen LogP contribution in [-0.2, 0) is 6.42 Å². The van der Waals surface area contributed by atoms with Crippen LogP contribution in [0.4, 0.5) is 4.79 Å². The number of ether oxygens (including phenoxy) is 2. The lowest BCUT2D eigenvalue weighted by Crippen LogP contribution is -2.41. The molecule has 100 valence electrons. The van der Waals surface area contributed by atoms with Crippen molar-refractivity contribution in [3.63, 3.8) is 0 Å². The number of nitrogens with one attached hydrogen (secondary N) is 1. The summed E-state index contributed by atoms with van der Waals surface area (Å²) >= 11 is 0. The fourth-order valence-electron chi connectivity index (χ4n) is 1.58. The SMILES string of the molecule is COc1ccc(OC)c(CCN(C)C(=O)NN)c1. The van der Waals surface area contributed by atoms with E-state index in [1.165, 1.54) is 4.90 Å². The maximum Gasteiger partial charge on any atom is 0.331 e. The zero-order valence-electron chi connectivity index (χ0n) is 10.9. The van der Waals surface area contributed by atoms with Gasteiger partial charge in [0.2, 0.25) is 0 Å². The number of hydrogen-bond donors (Lipinski definition) is 2. The van der Waals surface area contributed by atoms with Gasteiger partial charge in [-0.2, -0.15) is 0 Å². The van der Waals surface area contributed by atoms with Crippen LogP contribution in [0, 0.1) is 0 Å². The third-order valence-electron chi connectivity index (χ3n) is 2.67. The molecule has 3 N–H and O–H groups in total. The van der Waals surface area contributed by atoms with E-state index in [0.717, 1.165) is 17.1 Å². The van der Waals surface area contributed by atoms with Crippen LogP contribution in [0.15, 0.2) is 18.2 Å². The molecule has 0 aromatic heterocycles. The number of carbonyl (C=O) groups is 1. The Labute approximate surface area is 107 Å². The van der Waals surface area contributed by atoms with Crippen LogP contribution in [0.1, 0.15) is 5.56 Å². The first-order valence-corrected chi connectivity index (χ1v) is 5.55. The predicted octanol–water partition coefficient (Wildman–Crippen LogP) is 0.761. The average Bonchev–Trinajstić information content (AvgIpc) is 2.43. The molecule has 0 aliphatic rings. The van der Waals surface area contributed by atoms with E-state index in [0.29, 0.717) is 13.0 Å². The van der Waals surface area contributed by atoms with E-state index < -0.39 is 0 Å². The van der Waals surface area contributed by atoms with Crippen molar-refractivity contribution in [3.8, 4) is 11.5 Å². The van der Waals surface area contributed by atoms with Crippen LogP contribution in [0.2, 0.25) is 0 Å². The highest BCUT2D eigenvalue weighted by atomic mass is 16.5. The van der Waals surface area contributed by atoms with E-state index >= 15 is 0 Å². The van der Waals surface area contributed by atoms with Crippen LogP contribution in [-0.4, -0.2) is 38.7 Å². The molecule has 1 aromatic rings. The summed E-state index contributed by atoms with van der Waals surface area (Å²) in [4.78, 5) is 12.7. The van der Waals surface area contributed by atoms with Gasteiger partial charge in [-0.05, 0) is 30.2 Å². The van der Waals surface area contributed by atoms with E-state index in [1.807, 2.05) is 18.2 Å². The molecule has 0 heterocycles. The van der Waals surface area contributed by atoms with Crippen LogP contribution < -0.4 is 20.7 Å². The summed E-state index contributed by atoms with van der Waals surface area (Å²) in [7, 11) is 4.90. The maximum atomic E-state index is 11.2. The first-order chi connectivity index (χ1) is 8.62. The van der Waals surface area contributed by atoms with Crippen molar-refractivity contribution in [1.82, 2.24) is 10.3 Å². The second-order valence-electron chi connectivity index (χ2n) is 3.80. The van der Waals surface area contributed by atoms with E-state index in [4.69, 9.17) is 15.3 Å². The normalized spacial score (nSPS) is 9.78. The Balaban J connectivity index is 2.73. The largest absolute Gasteiger partial charge is 0.497 e. The molecule has 2 amide bonds. The molecule has 0 saturated heterocycles. The van der Waals surface area contributed by atoms with E-state index in [1.54, 1.807) is 21.3 Å². The van der Waals surface area contributed by atoms with Crippen molar-refractivity contribution in [2.24, 2.45) is 5.84 Å². The highest BCUT2D eigenvalue weighted by molar-refractivity contribution is 5.73. The summed E-state index contributed by atoms with van der Waals surface area (Å²) in [6.45, 7) is 0.534. The van der Waals surface area contributed by atoms with Crippen molar-refractivity contribution in [2.75, 3.05) is 27.8 Å². The minimum Gasteiger partial charge on any atom is -0.497 e. The second-order valence-corrected chi connectivity index (χ2v) is 3.80. The summed E-state index contributed by atoms with van der Waals surface area (Å²) in [5.74, 6) is 6.59. The lowest BCUT2D eigenvalue weighted by Gasteiger charge is -2.17. The van der Waals surface area contributed by atoms with Gasteiger partial charge in [-0.15, -0.1) is 0 Å². The van der Waals surface area contributed by atoms with Crippen LogP contribution in [0.3, 0.4) is 0 Å². The Morgan fingerprint density at radius 1 is 1.39 bits per heavy atom. The first-order valence-electron chi connectivity index (χ1n) is 5.55. The minimum absolute atomic E-state index is 0.322. The molecule has 6 heteroatoms. The number of benzene rings is 1. The topological polar surface area (TPSA) is 76.8 Å². The molecule has 0 atom stereocenters. The minimum atomic E-state index is -0.322. The molecule has 1 aromatic carbocycles. The molecule has 6 nitrogen and oxygen atoms in total. The Morgan fingerprint density at radius 3 is 2.67 bits per heavy atom. The maximum absolute atomic E-state index is 11.2. The van der Waals surface area contributed by atoms with Crippen LogP contribution in [0.25, 0.3) is 0 Å². The van der Waals surface area contributed by atoms with Gasteiger partial charge in [0.25, 0.3) is 0 Å². The van der Waals surface area contributed by atoms with E-state index in [2.05, 4.69) is 5.43 Å². The third kappa shape index (κ3) is 3.53. The van der Waals surface area contributed by atoms with Gasteiger partial charge in [0, 0.05) is 13.6 Å². The van der Waals surface area contributed by atoms with Gasteiger partial charge in [-0.25, -0.2) is 10.6 Å². The van der Waals surface area contributed by atoms with Gasteiger partial charge >= 0.3 is 6.03 Å². The van der Waals surface area contributed by atoms with Gasteiger partial charge < -0.3 is 14.4 Å². The molecule has 0 bridgehead atoms. The van der Waals surface area contributed by atoms with Crippen LogP contribution in [0.5, 0.6) is 11.5 Å². The Kier molecular flexibility index (Phi) is 5.26. The van der Waals surface area contributed by atoms with Crippen LogP contribution >= 0.6 is 0 Å². The second kappa shape index (κ2) is 6.70. The van der Waals surface area contributed by atoms with Gasteiger partial charge in [0.05, 0.1) is 14.2 Å². The molecule has 0 aliphatic heterocycles. The van der Waals surface area contributed by atoms with Crippen molar-refractivity contribution < 1.29 is 14.3 Å². The monoisotopic (exact) mass is 253 g/mol. The highest BCUT2D eigenvalue weighted by Crippen LogP contribution is 2.24. The third-order valence-corrected chi connectivity index (χ3v) is 2.67. The molecule has 0 radical (unpaired) electrons. The number of rotatable bonds is 5. The van der Waals surface area contributed by atoms with Gasteiger partial charge in [-0.1, -0.05) is 0 Å². The Hall–Kier alpha value is -1.95. The average molecular weight is 253 g/mol. The number of amides is 2. The predicted molar refractivity (Wildman–Crippen MR) is 68.6 cm³/mol. The molecule has 0 aliphatic carbocycles. The molecule has 1 rings (SSSR count). The quantitative estimate of drug-likeness (QED) is 0.461. The first kappa shape index (κ1) is 14.1. The van der Waals surface area contributed by atoms with E-state index in [9.17, 15) is 4.79 Å². The molecule has 0 fully saturated rings. The Bertz CT molecular complexity index is 410. The number of likely N-dealkylation sites (N-methyl/N-ethyl adjacent to an activating group) is 1. The number of nitrogens with two attached hydrogens (primary N) is 1. The molecule has 0 spiro atoms. The standard InChI is InChI=1S/C12H19N3O3/c1-15(12(16)14-13)7-6-9-8-10(17-2)4-5-11(9)18-3/h4-5,8H,6-7,13H2,1-3H3,(H,14,16). The summed E-state index contributed by atoms with van der Waals surface area (Å²) in [6.07, 6.45) is 0.657. The highest BCUT2D eigenvalue weighted by Gasteiger charge is 2.09. The fraction of sp³-hybridized carbons (Fsp3) is 0.417. The molecular weight excluding hydrogens is 234 g/mol. The summed E-state index contributed by atoms with van der Waals surface area (Å²) < 4.78 is 10.4. The number of methoxy groups -OCH3 is 2. The smallest absolute Gasteiger partial charge is 0.331 e. The number of hydrogen-bond acceptors (Lipinski definition) is 4. The zero-order chi connectivity index (χ0) is 13.5. The lowest BCUT2D eigenvalue weighted by molar-refractivity contribution is 0.209. The van der Waals surface area contributed by atoms with Crippen molar-refractivity contribution in [1.29, 1.82) is 0 Å². The summed E-state index contributed by atoms with van der Waals surface area (Å²) in [6, 6.07) is 5.25. The molecule has 0 unspecified atom stereocenters. The van der Waals surface area contributed by atoms with Gasteiger partial charge in [-0.3, -0.25) is 5.43 Å². The Morgan fingerprint density at radius 2 is 2.11 bits per heavy atom. The lowest BCUT2D eigenvalue weighted by atomic mass is 10.1. The molecule has 18 heavy (non-hydrogen) atoms. The van der Waals surface area contributed by atoms with Gasteiger partial charge in [0.15, 0.2) is 0 Å². The number of urea groups is 1. The number of hydrazine groups is 1. The summed E-state index contributed by atoms with van der Waals surface area (Å²) in [5.41, 5.74) is 3.06. The number of nitrogens with zero attached hydrogens (tertiary/aromatic N) is 1. The number of carbonyl (C=O) groups excluding carboxylic acids is 1. The van der Waals surface area contributed by atoms with E-state index in [-0.39, 0.29) is 6.03 Å². The zero-order valence-corrected chi connectivity index (χ0v) is 10.9. The fourth-order valence-corrected chi connectivity index (χ4v) is 1.58. The van der Waals surface area contributed by atoms with Gasteiger partial charge in [0.1, 0.15) is 11.5 Å². The summed E-state index contributed by atoms with van der Waals surface area (Å²) in [5, 5.41) is 0. The molecular formula is C12H19N3O3. The van der Waals surface area contributed by atoms with Crippen molar-refractivity contribution in [3.05, 3.63) is 23.8 Å².